The first kappa shape index (κ1) is 25.4. The van der Waals surface area contributed by atoms with Gasteiger partial charge in [-0.15, -0.1) is 0 Å². The van der Waals surface area contributed by atoms with E-state index >= 15 is 0 Å². The SMILES string of the molecule is C=C(C)c1cnc(C(C)NCCCNS(=C)(=O)c2ccc(CC)cc2)nc1N1CCCCC1. The first-order chi connectivity index (χ1) is 15.8. The Morgan fingerprint density at radius 3 is 2.52 bits per heavy atom. The van der Waals surface area contributed by atoms with Crippen LogP contribution >= 0.6 is 0 Å². The summed E-state index contributed by atoms with van der Waals surface area (Å²) >= 11 is 0. The summed E-state index contributed by atoms with van der Waals surface area (Å²) in [6.07, 6.45) is 7.40. The van der Waals surface area contributed by atoms with E-state index in [0.717, 1.165) is 60.2 Å². The number of nitrogens with one attached hydrogen (secondary N) is 2. The third-order valence-corrected chi connectivity index (χ3v) is 7.85. The fourth-order valence-corrected chi connectivity index (χ4v) is 5.22. The van der Waals surface area contributed by atoms with Crippen LogP contribution in [0.5, 0.6) is 0 Å². The van der Waals surface area contributed by atoms with Crippen molar-refractivity contribution in [2.45, 2.75) is 63.8 Å². The second kappa shape index (κ2) is 11.8. The second-order valence-electron chi connectivity index (χ2n) is 8.89. The van der Waals surface area contributed by atoms with E-state index in [-0.39, 0.29) is 6.04 Å². The van der Waals surface area contributed by atoms with E-state index in [1.165, 1.54) is 24.8 Å². The maximum Gasteiger partial charge on any atom is 0.147 e. The predicted molar refractivity (Wildman–Crippen MR) is 141 cm³/mol. The van der Waals surface area contributed by atoms with Crippen molar-refractivity contribution in [2.24, 2.45) is 0 Å². The lowest BCUT2D eigenvalue weighted by Crippen LogP contribution is -2.32. The molecule has 2 atom stereocenters. The van der Waals surface area contributed by atoms with Crippen LogP contribution < -0.4 is 14.9 Å². The van der Waals surface area contributed by atoms with E-state index in [1.54, 1.807) is 0 Å². The third kappa shape index (κ3) is 6.88. The molecule has 1 aromatic heterocycles. The van der Waals surface area contributed by atoms with Crippen LogP contribution in [-0.2, 0) is 16.1 Å². The molecule has 33 heavy (non-hydrogen) atoms. The number of piperidine rings is 1. The van der Waals surface area contributed by atoms with Gasteiger partial charge < -0.3 is 10.2 Å². The number of hydrogen-bond donors (Lipinski definition) is 2. The van der Waals surface area contributed by atoms with E-state index in [1.807, 2.05) is 37.4 Å². The molecule has 0 spiro atoms. The first-order valence-corrected chi connectivity index (χ1v) is 13.8. The molecule has 6 nitrogen and oxygen atoms in total. The highest BCUT2D eigenvalue weighted by Gasteiger charge is 2.19. The van der Waals surface area contributed by atoms with Gasteiger partial charge >= 0.3 is 0 Å². The minimum atomic E-state index is -2.49. The average molecular weight is 470 g/mol. The molecule has 1 aromatic carbocycles. The molecular weight excluding hydrogens is 430 g/mol. The maximum atomic E-state index is 12.9. The Kier molecular flexibility index (Phi) is 9.06. The molecule has 0 amide bonds. The number of benzene rings is 1. The highest BCUT2D eigenvalue weighted by atomic mass is 32.2. The van der Waals surface area contributed by atoms with Crippen LogP contribution in [0.2, 0.25) is 0 Å². The van der Waals surface area contributed by atoms with Crippen LogP contribution in [0.3, 0.4) is 0 Å². The zero-order chi connectivity index (χ0) is 23.8. The molecule has 2 aromatic rings. The topological polar surface area (TPSA) is 70.1 Å². The smallest absolute Gasteiger partial charge is 0.147 e. The number of rotatable bonds is 11. The summed E-state index contributed by atoms with van der Waals surface area (Å²) in [6, 6.07) is 7.88. The predicted octanol–water partition coefficient (Wildman–Crippen LogP) is 4.38. The summed E-state index contributed by atoms with van der Waals surface area (Å²) in [4.78, 5) is 12.7. The zero-order valence-corrected chi connectivity index (χ0v) is 21.2. The standard InChI is InChI=1S/C26H39N5OS/c1-6-22-11-13-23(14-12-22)33(5,32)29-16-10-15-27-21(4)25-28-19-24(20(2)3)26(30-25)31-17-8-7-9-18-31/h11-14,19,21,27H,2,5-10,15-18H2,1,3-4H3,(H,29,32). The Morgan fingerprint density at radius 1 is 1.18 bits per heavy atom. The zero-order valence-electron chi connectivity index (χ0n) is 20.4. The van der Waals surface area contributed by atoms with Crippen LogP contribution in [0.25, 0.3) is 5.57 Å². The Balaban J connectivity index is 1.53. The lowest BCUT2D eigenvalue weighted by molar-refractivity contribution is 0.528. The summed E-state index contributed by atoms with van der Waals surface area (Å²) in [5.74, 6) is 5.72. The quantitative estimate of drug-likeness (QED) is 0.377. The lowest BCUT2D eigenvalue weighted by Gasteiger charge is -2.30. The molecule has 2 unspecified atom stereocenters. The first-order valence-electron chi connectivity index (χ1n) is 12.0. The van der Waals surface area contributed by atoms with Gasteiger partial charge in [-0.2, -0.15) is 0 Å². The molecule has 2 heterocycles. The molecule has 3 rings (SSSR count). The summed E-state index contributed by atoms with van der Waals surface area (Å²) < 4.78 is 16.0. The molecule has 0 aliphatic carbocycles. The van der Waals surface area contributed by atoms with E-state index in [0.29, 0.717) is 6.54 Å². The number of aryl methyl sites for hydroxylation is 1. The molecule has 0 bridgehead atoms. The number of hydrogen-bond acceptors (Lipinski definition) is 5. The van der Waals surface area contributed by atoms with Crippen LogP contribution in [0.1, 0.15) is 69.4 Å². The van der Waals surface area contributed by atoms with Crippen LogP contribution in [0, 0.1) is 0 Å². The highest BCUT2D eigenvalue weighted by Crippen LogP contribution is 2.27. The number of aromatic nitrogens is 2. The van der Waals surface area contributed by atoms with Crippen molar-refractivity contribution in [2.75, 3.05) is 31.1 Å². The summed E-state index contributed by atoms with van der Waals surface area (Å²) in [5, 5.41) is 3.50. The van der Waals surface area contributed by atoms with Crippen LogP contribution in [-0.4, -0.2) is 46.2 Å². The van der Waals surface area contributed by atoms with Gasteiger partial charge in [0.1, 0.15) is 11.6 Å². The molecule has 0 saturated carbocycles. The van der Waals surface area contributed by atoms with Crippen molar-refractivity contribution >= 4 is 27.0 Å². The molecular formula is C26H39N5OS. The molecule has 180 valence electrons. The molecule has 1 aliphatic heterocycles. The van der Waals surface area contributed by atoms with Crippen molar-refractivity contribution in [1.29, 1.82) is 0 Å². The van der Waals surface area contributed by atoms with Crippen molar-refractivity contribution in [3.63, 3.8) is 0 Å². The second-order valence-corrected chi connectivity index (χ2v) is 11.0. The third-order valence-electron chi connectivity index (χ3n) is 6.14. The molecule has 7 heteroatoms. The minimum Gasteiger partial charge on any atom is -0.356 e. The Morgan fingerprint density at radius 2 is 1.88 bits per heavy atom. The normalized spacial score (nSPS) is 16.9. The molecule has 1 aliphatic rings. The van der Waals surface area contributed by atoms with Gasteiger partial charge in [-0.1, -0.05) is 25.6 Å². The fraction of sp³-hybridized carbons (Fsp3) is 0.500. The number of nitrogens with zero attached hydrogens (tertiary/aromatic N) is 3. The Hall–Kier alpha value is -2.22. The summed E-state index contributed by atoms with van der Waals surface area (Å²) in [7, 11) is -2.49. The van der Waals surface area contributed by atoms with E-state index in [4.69, 9.17) is 4.98 Å². The van der Waals surface area contributed by atoms with Crippen molar-refractivity contribution < 1.29 is 4.21 Å². The minimum absolute atomic E-state index is 0.0263. The van der Waals surface area contributed by atoms with Gasteiger partial charge in [-0.05, 0) is 81.6 Å². The summed E-state index contributed by atoms with van der Waals surface area (Å²) in [6.45, 7) is 13.8. The number of allylic oxidation sites excluding steroid dienone is 1. The number of anilines is 1. The average Bonchev–Trinajstić information content (AvgIpc) is 2.83. The van der Waals surface area contributed by atoms with Crippen LogP contribution in [0.15, 0.2) is 41.9 Å². The van der Waals surface area contributed by atoms with Crippen LogP contribution in [0.4, 0.5) is 5.82 Å². The van der Waals surface area contributed by atoms with Gasteiger partial charge in [0.2, 0.25) is 0 Å². The molecule has 1 saturated heterocycles. The van der Waals surface area contributed by atoms with Gasteiger partial charge in [-0.3, -0.25) is 0 Å². The monoisotopic (exact) mass is 469 g/mol. The molecule has 2 N–H and O–H groups in total. The molecule has 0 radical (unpaired) electrons. The van der Waals surface area contributed by atoms with Gasteiger partial charge in [0.25, 0.3) is 0 Å². The van der Waals surface area contributed by atoms with Gasteiger partial charge in [-0.25, -0.2) is 18.9 Å². The van der Waals surface area contributed by atoms with Crippen molar-refractivity contribution in [1.82, 2.24) is 20.0 Å². The van der Waals surface area contributed by atoms with Gasteiger partial charge in [0.05, 0.1) is 15.7 Å². The molecule has 1 fully saturated rings. The van der Waals surface area contributed by atoms with E-state index in [9.17, 15) is 4.21 Å². The maximum absolute atomic E-state index is 12.9. The summed E-state index contributed by atoms with van der Waals surface area (Å²) in [5.41, 5.74) is 3.26. The Labute approximate surface area is 200 Å². The van der Waals surface area contributed by atoms with E-state index < -0.39 is 9.71 Å². The van der Waals surface area contributed by atoms with Crippen molar-refractivity contribution in [3.05, 3.63) is 54.0 Å². The van der Waals surface area contributed by atoms with Gasteiger partial charge in [0.15, 0.2) is 0 Å². The highest BCUT2D eigenvalue weighted by molar-refractivity contribution is 7.98. The van der Waals surface area contributed by atoms with Crippen molar-refractivity contribution in [3.8, 4) is 0 Å². The van der Waals surface area contributed by atoms with Gasteiger partial charge in [0, 0.05) is 36.3 Å². The largest absolute Gasteiger partial charge is 0.356 e. The Bertz CT molecular complexity index is 1030. The van der Waals surface area contributed by atoms with E-state index in [2.05, 4.69) is 46.2 Å². The lowest BCUT2D eigenvalue weighted by atomic mass is 10.1. The fourth-order valence-electron chi connectivity index (χ4n) is 4.01.